The summed E-state index contributed by atoms with van der Waals surface area (Å²) < 4.78 is 0. The molecule has 0 aliphatic carbocycles. The summed E-state index contributed by atoms with van der Waals surface area (Å²) >= 11 is 0. The van der Waals surface area contributed by atoms with E-state index in [2.05, 4.69) is 44.8 Å². The Balaban J connectivity index is 4.14. The van der Waals surface area contributed by atoms with Gasteiger partial charge >= 0.3 is 0 Å². The summed E-state index contributed by atoms with van der Waals surface area (Å²) in [6.45, 7) is 16.2. The van der Waals surface area contributed by atoms with Crippen LogP contribution in [0.25, 0.3) is 0 Å². The Bertz CT molecular complexity index is 193. The molecule has 2 N–H and O–H groups in total. The number of hydrogen-bond donors (Lipinski definition) is 2. The molecular formula is C14H32N2O. The van der Waals surface area contributed by atoms with Gasteiger partial charge in [0.15, 0.2) is 0 Å². The molecular weight excluding hydrogens is 212 g/mol. The van der Waals surface area contributed by atoms with E-state index in [1.165, 1.54) is 6.42 Å². The zero-order valence-corrected chi connectivity index (χ0v) is 12.6. The van der Waals surface area contributed by atoms with Gasteiger partial charge in [-0.15, -0.1) is 0 Å². The van der Waals surface area contributed by atoms with Crippen molar-refractivity contribution in [1.29, 1.82) is 0 Å². The monoisotopic (exact) mass is 244 g/mol. The smallest absolute Gasteiger partial charge is 0.0869 e. The van der Waals surface area contributed by atoms with Crippen molar-refractivity contribution < 1.29 is 5.11 Å². The average Bonchev–Trinajstić information content (AvgIpc) is 2.25. The molecule has 0 saturated carbocycles. The number of hydrogen-bond acceptors (Lipinski definition) is 3. The number of aliphatic hydroxyl groups is 1. The molecule has 3 heteroatoms. The molecule has 0 radical (unpaired) electrons. The van der Waals surface area contributed by atoms with Crippen LogP contribution < -0.4 is 5.32 Å². The first-order valence-electron chi connectivity index (χ1n) is 6.98. The van der Waals surface area contributed by atoms with E-state index >= 15 is 0 Å². The first-order chi connectivity index (χ1) is 7.80. The third-order valence-electron chi connectivity index (χ3n) is 3.17. The fourth-order valence-corrected chi connectivity index (χ4v) is 1.84. The second kappa shape index (κ2) is 8.06. The van der Waals surface area contributed by atoms with Crippen LogP contribution >= 0.6 is 0 Å². The van der Waals surface area contributed by atoms with Gasteiger partial charge in [-0.2, -0.15) is 0 Å². The average molecular weight is 244 g/mol. The molecule has 0 spiro atoms. The van der Waals surface area contributed by atoms with E-state index in [0.717, 1.165) is 19.6 Å². The molecule has 0 bridgehead atoms. The minimum Gasteiger partial charge on any atom is -0.388 e. The fourth-order valence-electron chi connectivity index (χ4n) is 1.84. The molecule has 2 unspecified atom stereocenters. The maximum atomic E-state index is 10.3. The van der Waals surface area contributed by atoms with E-state index in [1.54, 1.807) is 0 Å². The van der Waals surface area contributed by atoms with Crippen LogP contribution in [-0.2, 0) is 0 Å². The lowest BCUT2D eigenvalue weighted by Crippen LogP contribution is -2.49. The van der Waals surface area contributed by atoms with Gasteiger partial charge in [0.1, 0.15) is 0 Å². The van der Waals surface area contributed by atoms with Gasteiger partial charge < -0.3 is 15.3 Å². The third-order valence-corrected chi connectivity index (χ3v) is 3.17. The van der Waals surface area contributed by atoms with Crippen molar-refractivity contribution in [3.05, 3.63) is 0 Å². The van der Waals surface area contributed by atoms with E-state index in [9.17, 15) is 5.11 Å². The Kier molecular flexibility index (Phi) is 8.01. The third kappa shape index (κ3) is 8.58. The standard InChI is InChI=1S/C14H32N2O/c1-7-13(5)9-16(8-2)11-14(6,17)10-15-12(3)4/h12-13,15,17H,7-11H2,1-6H3. The Morgan fingerprint density at radius 1 is 1.24 bits per heavy atom. The Hall–Kier alpha value is -0.120. The molecule has 0 fully saturated rings. The second-order valence-electron chi connectivity index (χ2n) is 5.87. The predicted molar refractivity (Wildman–Crippen MR) is 75.3 cm³/mol. The van der Waals surface area contributed by atoms with Crippen molar-refractivity contribution in [3.8, 4) is 0 Å². The Morgan fingerprint density at radius 3 is 2.24 bits per heavy atom. The van der Waals surface area contributed by atoms with Crippen molar-refractivity contribution in [3.63, 3.8) is 0 Å². The van der Waals surface area contributed by atoms with Crippen molar-refractivity contribution >= 4 is 0 Å². The molecule has 17 heavy (non-hydrogen) atoms. The zero-order chi connectivity index (χ0) is 13.5. The van der Waals surface area contributed by atoms with Gasteiger partial charge in [-0.05, 0) is 19.4 Å². The van der Waals surface area contributed by atoms with Crippen LogP contribution in [0.2, 0.25) is 0 Å². The van der Waals surface area contributed by atoms with Crippen LogP contribution in [-0.4, -0.2) is 47.8 Å². The summed E-state index contributed by atoms with van der Waals surface area (Å²) in [5, 5.41) is 13.7. The highest BCUT2D eigenvalue weighted by atomic mass is 16.3. The Morgan fingerprint density at radius 2 is 1.82 bits per heavy atom. The molecule has 0 aromatic heterocycles. The molecule has 0 aliphatic heterocycles. The van der Waals surface area contributed by atoms with E-state index < -0.39 is 5.60 Å². The highest BCUT2D eigenvalue weighted by Gasteiger charge is 2.23. The normalized spacial score (nSPS) is 17.5. The van der Waals surface area contributed by atoms with Gasteiger partial charge in [-0.3, -0.25) is 0 Å². The van der Waals surface area contributed by atoms with Crippen molar-refractivity contribution in [2.45, 2.75) is 59.6 Å². The van der Waals surface area contributed by atoms with Gasteiger partial charge in [0.25, 0.3) is 0 Å². The highest BCUT2D eigenvalue weighted by molar-refractivity contribution is 4.81. The van der Waals surface area contributed by atoms with Crippen LogP contribution in [0.5, 0.6) is 0 Å². The predicted octanol–water partition coefficient (Wildman–Crippen LogP) is 2.10. The molecule has 0 aromatic carbocycles. The minimum absolute atomic E-state index is 0.422. The van der Waals surface area contributed by atoms with Crippen LogP contribution in [0.15, 0.2) is 0 Å². The second-order valence-corrected chi connectivity index (χ2v) is 5.87. The van der Waals surface area contributed by atoms with E-state index in [-0.39, 0.29) is 0 Å². The maximum Gasteiger partial charge on any atom is 0.0869 e. The van der Waals surface area contributed by atoms with E-state index in [1.807, 2.05) is 6.92 Å². The van der Waals surface area contributed by atoms with E-state index in [4.69, 9.17) is 0 Å². The molecule has 0 amide bonds. The summed E-state index contributed by atoms with van der Waals surface area (Å²) in [6.07, 6.45) is 1.20. The van der Waals surface area contributed by atoms with Crippen LogP contribution in [0, 0.1) is 5.92 Å². The number of nitrogens with one attached hydrogen (secondary N) is 1. The lowest BCUT2D eigenvalue weighted by atomic mass is 10.0. The van der Waals surface area contributed by atoms with Gasteiger partial charge in [0.2, 0.25) is 0 Å². The van der Waals surface area contributed by atoms with Gasteiger partial charge in [0, 0.05) is 25.7 Å². The molecule has 3 nitrogen and oxygen atoms in total. The molecule has 0 aromatic rings. The van der Waals surface area contributed by atoms with Gasteiger partial charge in [0.05, 0.1) is 5.60 Å². The number of nitrogens with zero attached hydrogens (tertiary/aromatic N) is 1. The van der Waals surface area contributed by atoms with Gasteiger partial charge in [-0.1, -0.05) is 41.0 Å². The summed E-state index contributed by atoms with van der Waals surface area (Å²) in [4.78, 5) is 2.34. The summed E-state index contributed by atoms with van der Waals surface area (Å²) in [6, 6.07) is 0.422. The maximum absolute atomic E-state index is 10.3. The lowest BCUT2D eigenvalue weighted by Gasteiger charge is -2.33. The Labute approximate surface area is 108 Å². The van der Waals surface area contributed by atoms with Crippen LogP contribution in [0.4, 0.5) is 0 Å². The molecule has 2 atom stereocenters. The van der Waals surface area contributed by atoms with Crippen LogP contribution in [0.1, 0.15) is 48.0 Å². The summed E-state index contributed by atoms with van der Waals surface area (Å²) in [5.41, 5.74) is -0.645. The van der Waals surface area contributed by atoms with Crippen molar-refractivity contribution in [1.82, 2.24) is 10.2 Å². The topological polar surface area (TPSA) is 35.5 Å². The van der Waals surface area contributed by atoms with Crippen molar-refractivity contribution in [2.75, 3.05) is 26.2 Å². The fraction of sp³-hybridized carbons (Fsp3) is 1.00. The van der Waals surface area contributed by atoms with E-state index in [0.29, 0.717) is 18.5 Å². The summed E-state index contributed by atoms with van der Waals surface area (Å²) in [5.74, 6) is 0.698. The van der Waals surface area contributed by atoms with Crippen molar-refractivity contribution in [2.24, 2.45) is 5.92 Å². The SMILES string of the molecule is CCC(C)CN(CC)CC(C)(O)CNC(C)C. The minimum atomic E-state index is -0.645. The molecule has 0 aliphatic rings. The largest absolute Gasteiger partial charge is 0.388 e. The number of likely N-dealkylation sites (N-methyl/N-ethyl adjacent to an activating group) is 1. The molecule has 0 heterocycles. The summed E-state index contributed by atoms with van der Waals surface area (Å²) in [7, 11) is 0. The molecule has 0 rings (SSSR count). The molecule has 0 saturated heterocycles. The first kappa shape index (κ1) is 16.9. The highest BCUT2D eigenvalue weighted by Crippen LogP contribution is 2.10. The lowest BCUT2D eigenvalue weighted by molar-refractivity contribution is 0.0163. The zero-order valence-electron chi connectivity index (χ0n) is 12.6. The van der Waals surface area contributed by atoms with Crippen LogP contribution in [0.3, 0.4) is 0 Å². The first-order valence-corrected chi connectivity index (χ1v) is 6.98. The molecule has 104 valence electrons. The number of rotatable bonds is 9. The van der Waals surface area contributed by atoms with Gasteiger partial charge in [-0.25, -0.2) is 0 Å². The quantitative estimate of drug-likeness (QED) is 0.652.